The second kappa shape index (κ2) is 5.71. The first kappa shape index (κ1) is 12.7. The van der Waals surface area contributed by atoms with E-state index >= 15 is 0 Å². The molecule has 0 saturated heterocycles. The van der Waals surface area contributed by atoms with Gasteiger partial charge in [-0.3, -0.25) is 0 Å². The Kier molecular flexibility index (Phi) is 4.26. The zero-order chi connectivity index (χ0) is 12.3. The summed E-state index contributed by atoms with van der Waals surface area (Å²) in [5.74, 6) is 1.24. The number of aryl methyl sites for hydroxylation is 1. The summed E-state index contributed by atoms with van der Waals surface area (Å²) in [6, 6.07) is 5.72. The molecule has 17 heavy (non-hydrogen) atoms. The highest BCUT2D eigenvalue weighted by Crippen LogP contribution is 2.25. The summed E-state index contributed by atoms with van der Waals surface area (Å²) >= 11 is 12.1. The number of para-hydroxylation sites is 1. The van der Waals surface area contributed by atoms with Crippen LogP contribution in [-0.2, 0) is 17.2 Å². The number of fused-ring (bicyclic) bond motifs is 1. The molecule has 0 fully saturated rings. The average molecular weight is 273 g/mol. The van der Waals surface area contributed by atoms with Crippen LogP contribution >= 0.6 is 23.2 Å². The lowest BCUT2D eigenvalue weighted by Gasteiger charge is -2.07. The predicted octanol–water partition coefficient (Wildman–Crippen LogP) is 3.47. The highest BCUT2D eigenvalue weighted by molar-refractivity contribution is 6.35. The van der Waals surface area contributed by atoms with Crippen LogP contribution in [0.4, 0.5) is 0 Å². The van der Waals surface area contributed by atoms with Gasteiger partial charge in [0.2, 0.25) is 0 Å². The van der Waals surface area contributed by atoms with Gasteiger partial charge in [-0.25, -0.2) is 4.98 Å². The molecule has 0 spiro atoms. The van der Waals surface area contributed by atoms with Crippen LogP contribution in [0.15, 0.2) is 18.2 Å². The SMILES string of the molecule is COCCCn1c(CCl)nc2cccc(Cl)c21. The summed E-state index contributed by atoms with van der Waals surface area (Å²) < 4.78 is 7.13. The zero-order valence-electron chi connectivity index (χ0n) is 9.62. The van der Waals surface area contributed by atoms with Crippen molar-refractivity contribution in [3.63, 3.8) is 0 Å². The molecule has 1 heterocycles. The van der Waals surface area contributed by atoms with Crippen LogP contribution in [0.1, 0.15) is 12.2 Å². The van der Waals surface area contributed by atoms with Gasteiger partial charge in [0.1, 0.15) is 5.82 Å². The Labute approximate surface area is 110 Å². The molecule has 0 N–H and O–H groups in total. The van der Waals surface area contributed by atoms with Crippen LogP contribution in [0, 0.1) is 0 Å². The van der Waals surface area contributed by atoms with Crippen LogP contribution in [-0.4, -0.2) is 23.3 Å². The Morgan fingerprint density at radius 1 is 1.41 bits per heavy atom. The Morgan fingerprint density at radius 2 is 2.24 bits per heavy atom. The summed E-state index contributed by atoms with van der Waals surface area (Å²) in [6.07, 6.45) is 0.914. The number of hydrogen-bond acceptors (Lipinski definition) is 2. The molecule has 0 unspecified atom stereocenters. The van der Waals surface area contributed by atoms with E-state index in [1.165, 1.54) is 0 Å². The van der Waals surface area contributed by atoms with E-state index in [0.29, 0.717) is 17.5 Å². The molecule has 0 amide bonds. The lowest BCUT2D eigenvalue weighted by molar-refractivity contribution is 0.190. The molecule has 2 rings (SSSR count). The van der Waals surface area contributed by atoms with Crippen LogP contribution in [0.25, 0.3) is 11.0 Å². The number of halogens is 2. The van der Waals surface area contributed by atoms with Crippen molar-refractivity contribution in [2.75, 3.05) is 13.7 Å². The summed E-state index contributed by atoms with van der Waals surface area (Å²) in [5, 5.41) is 0.712. The second-order valence-electron chi connectivity index (χ2n) is 3.77. The number of imidazole rings is 1. The summed E-state index contributed by atoms with van der Waals surface area (Å²) in [4.78, 5) is 4.48. The Morgan fingerprint density at radius 3 is 2.94 bits per heavy atom. The standard InChI is InChI=1S/C12H14Cl2N2O/c1-17-7-3-6-16-11(8-13)15-10-5-2-4-9(14)12(10)16/h2,4-5H,3,6-8H2,1H3. The van der Waals surface area contributed by atoms with E-state index in [2.05, 4.69) is 9.55 Å². The number of hydrogen-bond donors (Lipinski definition) is 0. The summed E-state index contributed by atoms with van der Waals surface area (Å²) in [6.45, 7) is 1.53. The molecule has 0 atom stereocenters. The molecule has 1 aromatic carbocycles. The average Bonchev–Trinajstić information content (AvgIpc) is 2.69. The summed E-state index contributed by atoms with van der Waals surface area (Å²) in [5.41, 5.74) is 1.85. The van der Waals surface area contributed by atoms with E-state index in [9.17, 15) is 0 Å². The van der Waals surface area contributed by atoms with Gasteiger partial charge in [-0.1, -0.05) is 17.7 Å². The maximum atomic E-state index is 6.21. The topological polar surface area (TPSA) is 27.1 Å². The minimum Gasteiger partial charge on any atom is -0.385 e. The molecule has 0 saturated carbocycles. The third-order valence-corrected chi connectivity index (χ3v) is 3.19. The lowest BCUT2D eigenvalue weighted by atomic mass is 10.3. The van der Waals surface area contributed by atoms with E-state index in [1.807, 2.05) is 18.2 Å². The summed E-state index contributed by atoms with van der Waals surface area (Å²) in [7, 11) is 1.70. The number of rotatable bonds is 5. The van der Waals surface area contributed by atoms with Crippen molar-refractivity contribution in [1.82, 2.24) is 9.55 Å². The van der Waals surface area contributed by atoms with Gasteiger partial charge >= 0.3 is 0 Å². The van der Waals surface area contributed by atoms with Crippen molar-refractivity contribution >= 4 is 34.2 Å². The molecular formula is C12H14Cl2N2O. The van der Waals surface area contributed by atoms with Gasteiger partial charge in [0.15, 0.2) is 0 Å². The monoisotopic (exact) mass is 272 g/mol. The Bertz CT molecular complexity index is 510. The van der Waals surface area contributed by atoms with Crippen LogP contribution in [0.5, 0.6) is 0 Å². The van der Waals surface area contributed by atoms with Crippen molar-refractivity contribution in [2.45, 2.75) is 18.8 Å². The number of alkyl halides is 1. The van der Waals surface area contributed by atoms with Crippen LogP contribution in [0.3, 0.4) is 0 Å². The van der Waals surface area contributed by atoms with Gasteiger partial charge < -0.3 is 9.30 Å². The number of ether oxygens (including phenoxy) is 1. The van der Waals surface area contributed by atoms with Crippen molar-refractivity contribution in [2.24, 2.45) is 0 Å². The highest BCUT2D eigenvalue weighted by atomic mass is 35.5. The van der Waals surface area contributed by atoms with Gasteiger partial charge in [-0.05, 0) is 18.6 Å². The molecule has 3 nitrogen and oxygen atoms in total. The van der Waals surface area contributed by atoms with Crippen molar-refractivity contribution < 1.29 is 4.74 Å². The van der Waals surface area contributed by atoms with Gasteiger partial charge in [-0.2, -0.15) is 0 Å². The van der Waals surface area contributed by atoms with Gasteiger partial charge in [0.25, 0.3) is 0 Å². The third-order valence-electron chi connectivity index (χ3n) is 2.65. The smallest absolute Gasteiger partial charge is 0.124 e. The van der Waals surface area contributed by atoms with E-state index < -0.39 is 0 Å². The maximum absolute atomic E-state index is 6.21. The molecule has 0 bridgehead atoms. The van der Waals surface area contributed by atoms with Gasteiger partial charge in [-0.15, -0.1) is 11.6 Å². The minimum absolute atomic E-state index is 0.387. The molecule has 2 aromatic rings. The fourth-order valence-electron chi connectivity index (χ4n) is 1.90. The number of nitrogens with zero attached hydrogens (tertiary/aromatic N) is 2. The Hall–Kier alpha value is -0.770. The zero-order valence-corrected chi connectivity index (χ0v) is 11.1. The molecule has 92 valence electrons. The molecule has 0 aliphatic heterocycles. The molecule has 0 aliphatic rings. The van der Waals surface area contributed by atoms with Crippen molar-refractivity contribution in [1.29, 1.82) is 0 Å². The van der Waals surface area contributed by atoms with E-state index in [1.54, 1.807) is 7.11 Å². The van der Waals surface area contributed by atoms with Gasteiger partial charge in [0, 0.05) is 20.3 Å². The first-order valence-electron chi connectivity index (χ1n) is 5.46. The van der Waals surface area contributed by atoms with E-state index in [-0.39, 0.29) is 0 Å². The molecule has 0 radical (unpaired) electrons. The molecular weight excluding hydrogens is 259 g/mol. The van der Waals surface area contributed by atoms with E-state index in [4.69, 9.17) is 27.9 Å². The number of aromatic nitrogens is 2. The Balaban J connectivity index is 2.42. The second-order valence-corrected chi connectivity index (χ2v) is 4.44. The molecule has 0 aliphatic carbocycles. The fourth-order valence-corrected chi connectivity index (χ4v) is 2.38. The third kappa shape index (κ3) is 2.57. The quantitative estimate of drug-likeness (QED) is 0.616. The first-order valence-corrected chi connectivity index (χ1v) is 6.37. The maximum Gasteiger partial charge on any atom is 0.124 e. The van der Waals surface area contributed by atoms with Crippen molar-refractivity contribution in [3.05, 3.63) is 29.0 Å². The van der Waals surface area contributed by atoms with Crippen molar-refractivity contribution in [3.8, 4) is 0 Å². The minimum atomic E-state index is 0.387. The highest BCUT2D eigenvalue weighted by Gasteiger charge is 2.11. The first-order chi connectivity index (χ1) is 8.27. The molecule has 5 heteroatoms. The lowest BCUT2D eigenvalue weighted by Crippen LogP contribution is -2.05. The largest absolute Gasteiger partial charge is 0.385 e. The number of methoxy groups -OCH3 is 1. The predicted molar refractivity (Wildman–Crippen MR) is 70.8 cm³/mol. The van der Waals surface area contributed by atoms with E-state index in [0.717, 1.165) is 29.8 Å². The normalized spacial score (nSPS) is 11.2. The van der Waals surface area contributed by atoms with Crippen LogP contribution in [0.2, 0.25) is 5.02 Å². The molecule has 1 aromatic heterocycles. The van der Waals surface area contributed by atoms with Crippen LogP contribution < -0.4 is 0 Å². The van der Waals surface area contributed by atoms with Gasteiger partial charge in [0.05, 0.1) is 21.9 Å². The number of benzene rings is 1. The fraction of sp³-hybridized carbons (Fsp3) is 0.417.